The third-order valence-corrected chi connectivity index (χ3v) is 3.09. The molecular formula is C12H13N3O4. The summed E-state index contributed by atoms with van der Waals surface area (Å²) in [5, 5.41) is 22.3. The molecule has 19 heavy (non-hydrogen) atoms. The molecule has 0 atom stereocenters. The van der Waals surface area contributed by atoms with Gasteiger partial charge in [-0.3, -0.25) is 14.9 Å². The Balaban J connectivity index is 2.06. The van der Waals surface area contributed by atoms with Crippen LogP contribution in [0, 0.1) is 10.1 Å². The second-order valence-electron chi connectivity index (χ2n) is 4.26. The summed E-state index contributed by atoms with van der Waals surface area (Å²) in [6.07, 6.45) is 1.10. The second kappa shape index (κ2) is 5.47. The SMILES string of the molecule is O=C(c1ccc([N+](=O)[O-])cc1)N1CCC(=NO)CC1. The van der Waals surface area contributed by atoms with Crippen molar-refractivity contribution in [1.82, 2.24) is 4.90 Å². The highest BCUT2D eigenvalue weighted by molar-refractivity contribution is 5.96. The Morgan fingerprint density at radius 1 is 1.26 bits per heavy atom. The Morgan fingerprint density at radius 2 is 1.84 bits per heavy atom. The highest BCUT2D eigenvalue weighted by Crippen LogP contribution is 2.16. The van der Waals surface area contributed by atoms with Gasteiger partial charge >= 0.3 is 0 Å². The summed E-state index contributed by atoms with van der Waals surface area (Å²) in [5.74, 6) is -0.160. The van der Waals surface area contributed by atoms with Crippen LogP contribution in [0.2, 0.25) is 0 Å². The van der Waals surface area contributed by atoms with Crippen molar-refractivity contribution in [2.75, 3.05) is 13.1 Å². The van der Waals surface area contributed by atoms with Crippen molar-refractivity contribution in [3.63, 3.8) is 0 Å². The minimum absolute atomic E-state index is 0.0371. The molecule has 1 amide bonds. The summed E-state index contributed by atoms with van der Waals surface area (Å²) >= 11 is 0. The van der Waals surface area contributed by atoms with Crippen LogP contribution in [0.25, 0.3) is 0 Å². The lowest BCUT2D eigenvalue weighted by molar-refractivity contribution is -0.384. The molecule has 7 heteroatoms. The number of hydrogen-bond donors (Lipinski definition) is 1. The first-order valence-corrected chi connectivity index (χ1v) is 5.85. The van der Waals surface area contributed by atoms with Crippen LogP contribution in [0.15, 0.2) is 29.4 Å². The normalized spacial score (nSPS) is 15.2. The minimum Gasteiger partial charge on any atom is -0.411 e. The monoisotopic (exact) mass is 263 g/mol. The van der Waals surface area contributed by atoms with E-state index < -0.39 is 4.92 Å². The summed E-state index contributed by atoms with van der Waals surface area (Å²) < 4.78 is 0. The Labute approximate surface area is 109 Å². The van der Waals surface area contributed by atoms with Crippen molar-refractivity contribution in [3.05, 3.63) is 39.9 Å². The van der Waals surface area contributed by atoms with Gasteiger partial charge in [0, 0.05) is 43.6 Å². The first kappa shape index (κ1) is 13.0. The number of nitrogens with zero attached hydrogens (tertiary/aromatic N) is 3. The average Bonchev–Trinajstić information content (AvgIpc) is 2.46. The van der Waals surface area contributed by atoms with E-state index in [1.54, 1.807) is 4.90 Å². The molecule has 1 aliphatic heterocycles. The van der Waals surface area contributed by atoms with Crippen molar-refractivity contribution in [3.8, 4) is 0 Å². The van der Waals surface area contributed by atoms with E-state index in [9.17, 15) is 14.9 Å². The molecule has 1 N–H and O–H groups in total. The standard InChI is InChI=1S/C12H13N3O4/c16-12(14-7-5-10(13-17)6-8-14)9-1-3-11(4-2-9)15(18)19/h1-4,17H,5-8H2. The van der Waals surface area contributed by atoms with Crippen molar-refractivity contribution in [1.29, 1.82) is 0 Å². The molecule has 0 radical (unpaired) electrons. The maximum Gasteiger partial charge on any atom is 0.269 e. The Hall–Kier alpha value is -2.44. The van der Waals surface area contributed by atoms with Gasteiger partial charge in [0.2, 0.25) is 0 Å². The van der Waals surface area contributed by atoms with Crippen molar-refractivity contribution >= 4 is 17.3 Å². The summed E-state index contributed by atoms with van der Waals surface area (Å²) in [6.45, 7) is 0.991. The largest absolute Gasteiger partial charge is 0.411 e. The molecule has 1 saturated heterocycles. The van der Waals surface area contributed by atoms with Gasteiger partial charge in [-0.15, -0.1) is 0 Å². The Bertz CT molecular complexity index is 514. The van der Waals surface area contributed by atoms with E-state index in [1.807, 2.05) is 0 Å². The van der Waals surface area contributed by atoms with Gasteiger partial charge in [-0.2, -0.15) is 0 Å². The first-order valence-electron chi connectivity index (χ1n) is 5.85. The molecule has 0 aromatic heterocycles. The molecule has 0 saturated carbocycles. The van der Waals surface area contributed by atoms with Gasteiger partial charge in [-0.05, 0) is 12.1 Å². The van der Waals surface area contributed by atoms with Crippen LogP contribution in [-0.4, -0.2) is 39.7 Å². The van der Waals surface area contributed by atoms with E-state index in [0.717, 1.165) is 0 Å². The van der Waals surface area contributed by atoms with Gasteiger partial charge in [-0.1, -0.05) is 5.16 Å². The summed E-state index contributed by atoms with van der Waals surface area (Å²) in [4.78, 5) is 23.8. The number of amides is 1. The minimum atomic E-state index is -0.501. The molecule has 0 bridgehead atoms. The first-order chi connectivity index (χ1) is 9.11. The van der Waals surface area contributed by atoms with Crippen LogP contribution in [0.4, 0.5) is 5.69 Å². The summed E-state index contributed by atoms with van der Waals surface area (Å²) in [5.41, 5.74) is 1.08. The lowest BCUT2D eigenvalue weighted by Crippen LogP contribution is -2.38. The maximum absolute atomic E-state index is 12.1. The molecule has 1 aromatic carbocycles. The number of carbonyl (C=O) groups excluding carboxylic acids is 1. The molecular weight excluding hydrogens is 250 g/mol. The van der Waals surface area contributed by atoms with Crippen molar-refractivity contribution in [2.24, 2.45) is 5.16 Å². The zero-order chi connectivity index (χ0) is 13.8. The van der Waals surface area contributed by atoms with E-state index in [2.05, 4.69) is 5.16 Å². The van der Waals surface area contributed by atoms with E-state index >= 15 is 0 Å². The number of oxime groups is 1. The fourth-order valence-corrected chi connectivity index (χ4v) is 1.98. The number of non-ortho nitro benzene ring substituents is 1. The molecule has 1 fully saturated rings. The van der Waals surface area contributed by atoms with Gasteiger partial charge in [-0.25, -0.2) is 0 Å². The average molecular weight is 263 g/mol. The molecule has 0 aliphatic carbocycles. The number of rotatable bonds is 2. The van der Waals surface area contributed by atoms with E-state index in [4.69, 9.17) is 5.21 Å². The lowest BCUT2D eigenvalue weighted by atomic mass is 10.1. The molecule has 2 rings (SSSR count). The molecule has 1 aromatic rings. The van der Waals surface area contributed by atoms with Gasteiger partial charge in [0.15, 0.2) is 0 Å². The summed E-state index contributed by atoms with van der Waals surface area (Å²) in [6, 6.07) is 5.54. The van der Waals surface area contributed by atoms with E-state index in [1.165, 1.54) is 24.3 Å². The topological polar surface area (TPSA) is 96.0 Å². The third-order valence-electron chi connectivity index (χ3n) is 3.09. The molecule has 0 spiro atoms. The van der Waals surface area contributed by atoms with Crippen LogP contribution >= 0.6 is 0 Å². The van der Waals surface area contributed by atoms with Gasteiger partial charge < -0.3 is 10.1 Å². The predicted molar refractivity (Wildman–Crippen MR) is 67.5 cm³/mol. The highest BCUT2D eigenvalue weighted by atomic mass is 16.6. The number of benzene rings is 1. The van der Waals surface area contributed by atoms with Crippen LogP contribution in [0.3, 0.4) is 0 Å². The van der Waals surface area contributed by atoms with Gasteiger partial charge in [0.25, 0.3) is 11.6 Å². The number of carbonyl (C=O) groups is 1. The van der Waals surface area contributed by atoms with Gasteiger partial charge in [0.1, 0.15) is 0 Å². The smallest absolute Gasteiger partial charge is 0.269 e. The second-order valence-corrected chi connectivity index (χ2v) is 4.26. The van der Waals surface area contributed by atoms with E-state index in [-0.39, 0.29) is 11.6 Å². The molecule has 1 heterocycles. The van der Waals surface area contributed by atoms with Crippen molar-refractivity contribution < 1.29 is 14.9 Å². The van der Waals surface area contributed by atoms with E-state index in [0.29, 0.717) is 37.2 Å². The molecule has 1 aliphatic rings. The highest BCUT2D eigenvalue weighted by Gasteiger charge is 2.21. The fraction of sp³-hybridized carbons (Fsp3) is 0.333. The van der Waals surface area contributed by atoms with Crippen LogP contribution in [0.1, 0.15) is 23.2 Å². The Kier molecular flexibility index (Phi) is 3.74. The van der Waals surface area contributed by atoms with Crippen molar-refractivity contribution in [2.45, 2.75) is 12.8 Å². The summed E-state index contributed by atoms with van der Waals surface area (Å²) in [7, 11) is 0. The zero-order valence-electron chi connectivity index (χ0n) is 10.2. The third kappa shape index (κ3) is 2.87. The Morgan fingerprint density at radius 3 is 2.32 bits per heavy atom. The quantitative estimate of drug-likeness (QED) is 0.498. The number of nitro benzene ring substituents is 1. The maximum atomic E-state index is 12.1. The number of piperidine rings is 1. The molecule has 100 valence electrons. The van der Waals surface area contributed by atoms with Crippen LogP contribution < -0.4 is 0 Å². The predicted octanol–water partition coefficient (Wildman–Crippen LogP) is 1.66. The number of hydrogen-bond acceptors (Lipinski definition) is 5. The number of likely N-dealkylation sites (tertiary alicyclic amines) is 1. The van der Waals surface area contributed by atoms with Crippen LogP contribution in [-0.2, 0) is 0 Å². The van der Waals surface area contributed by atoms with Gasteiger partial charge in [0.05, 0.1) is 10.6 Å². The van der Waals surface area contributed by atoms with Crippen LogP contribution in [0.5, 0.6) is 0 Å². The fourth-order valence-electron chi connectivity index (χ4n) is 1.98. The zero-order valence-corrected chi connectivity index (χ0v) is 10.2. The molecule has 0 unspecified atom stereocenters. The number of nitro groups is 1. The molecule has 7 nitrogen and oxygen atoms in total. The lowest BCUT2D eigenvalue weighted by Gasteiger charge is -2.27.